The summed E-state index contributed by atoms with van der Waals surface area (Å²) in [6.45, 7) is 0.471. The van der Waals surface area contributed by atoms with Gasteiger partial charge in [0.1, 0.15) is 0 Å². The molecule has 1 aromatic carbocycles. The van der Waals surface area contributed by atoms with Crippen molar-refractivity contribution in [2.45, 2.75) is 19.3 Å². The first-order valence-electron chi connectivity index (χ1n) is 6.02. The average Bonchev–Trinajstić information content (AvgIpc) is 2.37. The van der Waals surface area contributed by atoms with Gasteiger partial charge < -0.3 is 10.4 Å². The van der Waals surface area contributed by atoms with Crippen molar-refractivity contribution in [3.63, 3.8) is 0 Å². The van der Waals surface area contributed by atoms with Crippen LogP contribution in [-0.4, -0.2) is 23.5 Å². The fourth-order valence-electron chi connectivity index (χ4n) is 1.45. The maximum atomic E-state index is 11.5. The van der Waals surface area contributed by atoms with Crippen LogP contribution in [0.25, 0.3) is 6.08 Å². The number of carboxylic acid groups (broad SMARTS) is 1. The van der Waals surface area contributed by atoms with Gasteiger partial charge in [0, 0.05) is 24.1 Å². The molecule has 0 aliphatic rings. The Balaban J connectivity index is 2.28. The van der Waals surface area contributed by atoms with Crippen LogP contribution in [0.4, 0.5) is 0 Å². The van der Waals surface area contributed by atoms with E-state index in [1.807, 2.05) is 18.2 Å². The minimum absolute atomic E-state index is 0.130. The molecule has 4 nitrogen and oxygen atoms in total. The van der Waals surface area contributed by atoms with Crippen molar-refractivity contribution in [3.05, 3.63) is 40.9 Å². The number of hydrogen-bond acceptors (Lipinski definition) is 2. The molecule has 5 heteroatoms. The molecule has 2 N–H and O–H groups in total. The third kappa shape index (κ3) is 6.62. The van der Waals surface area contributed by atoms with Gasteiger partial charge in [0.15, 0.2) is 0 Å². The third-order valence-corrected chi connectivity index (χ3v) is 2.78. The Bertz CT molecular complexity index is 472. The SMILES string of the molecule is O=C(O)CCCCNC(=O)C=Cc1ccccc1Cl. The van der Waals surface area contributed by atoms with Crippen molar-refractivity contribution in [3.8, 4) is 0 Å². The second-order valence-corrected chi connectivity index (χ2v) is 4.40. The normalized spacial score (nSPS) is 10.6. The van der Waals surface area contributed by atoms with Gasteiger partial charge in [0.2, 0.25) is 5.91 Å². The van der Waals surface area contributed by atoms with Crippen molar-refractivity contribution in [2.24, 2.45) is 0 Å². The van der Waals surface area contributed by atoms with Crippen molar-refractivity contribution in [1.82, 2.24) is 5.32 Å². The highest BCUT2D eigenvalue weighted by Gasteiger charge is 1.99. The molecule has 102 valence electrons. The molecule has 0 aromatic heterocycles. The maximum absolute atomic E-state index is 11.5. The van der Waals surface area contributed by atoms with Gasteiger partial charge in [-0.05, 0) is 30.5 Å². The highest BCUT2D eigenvalue weighted by molar-refractivity contribution is 6.32. The van der Waals surface area contributed by atoms with E-state index in [-0.39, 0.29) is 12.3 Å². The summed E-state index contributed by atoms with van der Waals surface area (Å²) in [5, 5.41) is 11.7. The van der Waals surface area contributed by atoms with E-state index in [2.05, 4.69) is 5.32 Å². The number of rotatable bonds is 7. The molecule has 0 bridgehead atoms. The number of aliphatic carboxylic acids is 1. The molecular weight excluding hydrogens is 266 g/mol. The summed E-state index contributed by atoms with van der Waals surface area (Å²) in [5.74, 6) is -1.03. The van der Waals surface area contributed by atoms with E-state index < -0.39 is 5.97 Å². The number of halogens is 1. The van der Waals surface area contributed by atoms with Gasteiger partial charge in [-0.3, -0.25) is 9.59 Å². The van der Waals surface area contributed by atoms with Gasteiger partial charge in [-0.2, -0.15) is 0 Å². The molecule has 1 amide bonds. The number of benzene rings is 1. The summed E-state index contributed by atoms with van der Waals surface area (Å²) in [6.07, 6.45) is 4.40. The molecule has 0 radical (unpaired) electrons. The highest BCUT2D eigenvalue weighted by atomic mass is 35.5. The monoisotopic (exact) mass is 281 g/mol. The lowest BCUT2D eigenvalue weighted by Crippen LogP contribution is -2.22. The lowest BCUT2D eigenvalue weighted by molar-refractivity contribution is -0.137. The van der Waals surface area contributed by atoms with Crippen LogP contribution < -0.4 is 5.32 Å². The van der Waals surface area contributed by atoms with Gasteiger partial charge in [0.05, 0.1) is 0 Å². The summed E-state index contributed by atoms with van der Waals surface area (Å²) in [7, 11) is 0. The maximum Gasteiger partial charge on any atom is 0.303 e. The largest absolute Gasteiger partial charge is 0.481 e. The molecule has 0 saturated heterocycles. The van der Waals surface area contributed by atoms with Gasteiger partial charge in [-0.25, -0.2) is 0 Å². The van der Waals surface area contributed by atoms with Crippen LogP contribution in [0.5, 0.6) is 0 Å². The lowest BCUT2D eigenvalue weighted by Gasteiger charge is -2.01. The van der Waals surface area contributed by atoms with Crippen molar-refractivity contribution in [1.29, 1.82) is 0 Å². The summed E-state index contributed by atoms with van der Waals surface area (Å²) in [6, 6.07) is 7.24. The van der Waals surface area contributed by atoms with Gasteiger partial charge in [0.25, 0.3) is 0 Å². The Morgan fingerprint density at radius 1 is 1.26 bits per heavy atom. The second-order valence-electron chi connectivity index (χ2n) is 4.00. The van der Waals surface area contributed by atoms with Crippen molar-refractivity contribution in [2.75, 3.05) is 6.54 Å². The first kappa shape index (κ1) is 15.2. The standard InChI is InChI=1S/C14H16ClNO3/c15-12-6-2-1-5-11(12)8-9-13(17)16-10-4-3-7-14(18)19/h1-2,5-6,8-9H,3-4,7,10H2,(H,16,17)(H,18,19). The molecule has 1 aromatic rings. The van der Waals surface area contributed by atoms with E-state index in [4.69, 9.17) is 16.7 Å². The zero-order chi connectivity index (χ0) is 14.1. The van der Waals surface area contributed by atoms with E-state index in [1.165, 1.54) is 6.08 Å². The van der Waals surface area contributed by atoms with Crippen molar-refractivity contribution >= 4 is 29.6 Å². The van der Waals surface area contributed by atoms with E-state index >= 15 is 0 Å². The first-order valence-corrected chi connectivity index (χ1v) is 6.39. The molecule has 0 fully saturated rings. The Kier molecular flexibility index (Phi) is 6.68. The Morgan fingerprint density at radius 2 is 2.00 bits per heavy atom. The molecular formula is C14H16ClNO3. The van der Waals surface area contributed by atoms with Crippen LogP contribution in [0.2, 0.25) is 5.02 Å². The molecule has 0 spiro atoms. The number of carbonyl (C=O) groups excluding carboxylic acids is 1. The summed E-state index contributed by atoms with van der Waals surface area (Å²) < 4.78 is 0. The van der Waals surface area contributed by atoms with Crippen molar-refractivity contribution < 1.29 is 14.7 Å². The van der Waals surface area contributed by atoms with Gasteiger partial charge >= 0.3 is 5.97 Å². The smallest absolute Gasteiger partial charge is 0.303 e. The predicted molar refractivity (Wildman–Crippen MR) is 75.0 cm³/mol. The van der Waals surface area contributed by atoms with Crippen LogP contribution >= 0.6 is 11.6 Å². The quantitative estimate of drug-likeness (QED) is 0.596. The minimum Gasteiger partial charge on any atom is -0.481 e. The zero-order valence-corrected chi connectivity index (χ0v) is 11.2. The lowest BCUT2D eigenvalue weighted by atomic mass is 10.2. The molecule has 19 heavy (non-hydrogen) atoms. The van der Waals surface area contributed by atoms with Gasteiger partial charge in [-0.1, -0.05) is 29.8 Å². The van der Waals surface area contributed by atoms with Crippen LogP contribution in [0.1, 0.15) is 24.8 Å². The molecule has 0 saturated carbocycles. The summed E-state index contributed by atoms with van der Waals surface area (Å²) >= 11 is 5.94. The predicted octanol–water partition coefficient (Wildman–Crippen LogP) is 2.72. The Hall–Kier alpha value is -1.81. The topological polar surface area (TPSA) is 66.4 Å². The zero-order valence-electron chi connectivity index (χ0n) is 10.4. The van der Waals surface area contributed by atoms with E-state index in [9.17, 15) is 9.59 Å². The van der Waals surface area contributed by atoms with E-state index in [1.54, 1.807) is 12.1 Å². The first-order chi connectivity index (χ1) is 9.09. The highest BCUT2D eigenvalue weighted by Crippen LogP contribution is 2.15. The number of carbonyl (C=O) groups is 2. The molecule has 1 rings (SSSR count). The van der Waals surface area contributed by atoms with Crippen LogP contribution in [0.15, 0.2) is 30.3 Å². The minimum atomic E-state index is -0.815. The Morgan fingerprint density at radius 3 is 2.68 bits per heavy atom. The number of unbranched alkanes of at least 4 members (excludes halogenated alkanes) is 1. The molecule has 0 aliphatic carbocycles. The number of hydrogen-bond donors (Lipinski definition) is 2. The average molecular weight is 282 g/mol. The van der Waals surface area contributed by atoms with E-state index in [0.29, 0.717) is 24.4 Å². The summed E-state index contributed by atoms with van der Waals surface area (Å²) in [4.78, 5) is 21.7. The molecule has 0 atom stereocenters. The van der Waals surface area contributed by atoms with Crippen LogP contribution in [0, 0.1) is 0 Å². The fraction of sp³-hybridized carbons (Fsp3) is 0.286. The fourth-order valence-corrected chi connectivity index (χ4v) is 1.65. The number of nitrogens with one attached hydrogen (secondary N) is 1. The van der Waals surface area contributed by atoms with Gasteiger partial charge in [-0.15, -0.1) is 0 Å². The molecule has 0 unspecified atom stereocenters. The number of carboxylic acids is 1. The third-order valence-electron chi connectivity index (χ3n) is 2.44. The van der Waals surface area contributed by atoms with Crippen LogP contribution in [0.3, 0.4) is 0 Å². The number of amides is 1. The Labute approximate surface area is 117 Å². The molecule has 0 heterocycles. The molecule has 0 aliphatic heterocycles. The summed E-state index contributed by atoms with van der Waals surface area (Å²) in [5.41, 5.74) is 0.783. The van der Waals surface area contributed by atoms with Crippen LogP contribution in [-0.2, 0) is 9.59 Å². The van der Waals surface area contributed by atoms with E-state index in [0.717, 1.165) is 5.56 Å². The second kappa shape index (κ2) is 8.32.